The number of thiophene rings is 1. The van der Waals surface area contributed by atoms with Gasteiger partial charge in [0, 0.05) is 11.4 Å². The number of amides is 1. The van der Waals surface area contributed by atoms with Crippen LogP contribution in [0.25, 0.3) is 10.2 Å². The number of hydrogen-bond donors (Lipinski definition) is 2. The predicted molar refractivity (Wildman–Crippen MR) is 110 cm³/mol. The number of carbonyl (C=O) groups excluding carboxylic acids is 1. The van der Waals surface area contributed by atoms with Crippen molar-refractivity contribution in [1.29, 1.82) is 0 Å². The number of nitrogens with one attached hydrogen (secondary N) is 2. The van der Waals surface area contributed by atoms with E-state index in [4.69, 9.17) is 4.74 Å². The van der Waals surface area contributed by atoms with Gasteiger partial charge < -0.3 is 15.4 Å². The van der Waals surface area contributed by atoms with E-state index < -0.39 is 0 Å². The highest BCUT2D eigenvalue weighted by atomic mass is 32.1. The molecule has 2 heterocycles. The smallest absolute Gasteiger partial charge is 0.239 e. The van der Waals surface area contributed by atoms with Gasteiger partial charge in [-0.2, -0.15) is 0 Å². The summed E-state index contributed by atoms with van der Waals surface area (Å²) in [6.07, 6.45) is 1.74. The van der Waals surface area contributed by atoms with Crippen LogP contribution in [0.3, 0.4) is 0 Å². The number of fused-ring (bicyclic) bond motifs is 1. The fraction of sp³-hybridized carbons (Fsp3) is 0.350. The summed E-state index contributed by atoms with van der Waals surface area (Å²) < 4.78 is 5.15. The third-order valence-corrected chi connectivity index (χ3v) is 5.39. The van der Waals surface area contributed by atoms with Gasteiger partial charge in [-0.1, -0.05) is 19.1 Å². The zero-order chi connectivity index (χ0) is 19.2. The lowest BCUT2D eigenvalue weighted by molar-refractivity contribution is -0.119. The minimum atomic E-state index is -0.0566. The number of hydrogen-bond acceptors (Lipinski definition) is 6. The van der Waals surface area contributed by atoms with Gasteiger partial charge in [-0.25, -0.2) is 9.97 Å². The lowest BCUT2D eigenvalue weighted by Gasteiger charge is -2.09. The number of methoxy groups -OCH3 is 1. The molecule has 3 aromatic rings. The van der Waals surface area contributed by atoms with Crippen molar-refractivity contribution in [3.8, 4) is 5.75 Å². The second-order valence-electron chi connectivity index (χ2n) is 6.21. The van der Waals surface area contributed by atoms with Gasteiger partial charge in [0.15, 0.2) is 0 Å². The number of benzene rings is 1. The highest BCUT2D eigenvalue weighted by Crippen LogP contribution is 2.29. The first-order valence-corrected chi connectivity index (χ1v) is 9.81. The number of anilines is 1. The SMILES string of the molecule is CCc1cc2c(NCC(=O)NCCc3ccc(OC)cc3)nc(C)nc2s1. The summed E-state index contributed by atoms with van der Waals surface area (Å²) in [7, 11) is 1.65. The molecule has 0 bridgehead atoms. The number of ether oxygens (including phenoxy) is 1. The second-order valence-corrected chi connectivity index (χ2v) is 7.32. The summed E-state index contributed by atoms with van der Waals surface area (Å²) in [5.74, 6) is 2.20. The molecule has 0 saturated carbocycles. The van der Waals surface area contributed by atoms with Crippen LogP contribution in [-0.2, 0) is 17.6 Å². The Morgan fingerprint density at radius 1 is 1.22 bits per heavy atom. The van der Waals surface area contributed by atoms with Crippen molar-refractivity contribution in [2.75, 3.05) is 25.5 Å². The molecule has 0 aliphatic heterocycles. The molecule has 3 rings (SSSR count). The minimum absolute atomic E-state index is 0.0566. The lowest BCUT2D eigenvalue weighted by Crippen LogP contribution is -2.31. The lowest BCUT2D eigenvalue weighted by atomic mass is 10.1. The fourth-order valence-electron chi connectivity index (χ4n) is 2.75. The van der Waals surface area contributed by atoms with Crippen LogP contribution >= 0.6 is 11.3 Å². The van der Waals surface area contributed by atoms with Crippen molar-refractivity contribution >= 4 is 33.3 Å². The van der Waals surface area contributed by atoms with Crippen LogP contribution in [0.5, 0.6) is 5.75 Å². The van der Waals surface area contributed by atoms with Gasteiger partial charge in [0.05, 0.1) is 19.0 Å². The van der Waals surface area contributed by atoms with Gasteiger partial charge in [0.25, 0.3) is 0 Å². The number of nitrogens with zero attached hydrogens (tertiary/aromatic N) is 2. The normalized spacial score (nSPS) is 10.8. The van der Waals surface area contributed by atoms with Crippen molar-refractivity contribution in [3.05, 3.63) is 46.6 Å². The van der Waals surface area contributed by atoms with E-state index in [-0.39, 0.29) is 12.5 Å². The summed E-state index contributed by atoms with van der Waals surface area (Å²) in [6, 6.07) is 9.96. The molecule has 0 aliphatic carbocycles. The average Bonchev–Trinajstić information content (AvgIpc) is 3.09. The van der Waals surface area contributed by atoms with E-state index in [1.54, 1.807) is 18.4 Å². The van der Waals surface area contributed by atoms with Gasteiger partial charge in [-0.15, -0.1) is 11.3 Å². The van der Waals surface area contributed by atoms with Crippen LogP contribution in [0, 0.1) is 6.92 Å². The van der Waals surface area contributed by atoms with Crippen molar-refractivity contribution in [1.82, 2.24) is 15.3 Å². The number of aromatic nitrogens is 2. The Kier molecular flexibility index (Phi) is 6.24. The molecule has 142 valence electrons. The molecule has 27 heavy (non-hydrogen) atoms. The molecule has 0 spiro atoms. The van der Waals surface area contributed by atoms with E-state index in [1.165, 1.54) is 4.88 Å². The molecule has 6 nitrogen and oxygen atoms in total. The van der Waals surface area contributed by atoms with Gasteiger partial charge in [-0.3, -0.25) is 4.79 Å². The van der Waals surface area contributed by atoms with Crippen LogP contribution in [0.2, 0.25) is 0 Å². The largest absolute Gasteiger partial charge is 0.497 e. The molecule has 1 aromatic carbocycles. The number of carbonyl (C=O) groups is 1. The Bertz CT molecular complexity index is 922. The van der Waals surface area contributed by atoms with Crippen LogP contribution < -0.4 is 15.4 Å². The Hall–Kier alpha value is -2.67. The topological polar surface area (TPSA) is 76.1 Å². The molecule has 0 aliphatic rings. The monoisotopic (exact) mass is 384 g/mol. The van der Waals surface area contributed by atoms with Crippen molar-refractivity contribution in [2.24, 2.45) is 0 Å². The molecule has 2 N–H and O–H groups in total. The Balaban J connectivity index is 1.53. The maximum absolute atomic E-state index is 12.2. The first-order valence-electron chi connectivity index (χ1n) is 8.99. The minimum Gasteiger partial charge on any atom is -0.497 e. The standard InChI is InChI=1S/C20H24N4O2S/c1-4-16-11-17-19(23-13(2)24-20(17)27-16)22-12-18(25)21-10-9-14-5-7-15(26-3)8-6-14/h5-8,11H,4,9-10,12H2,1-3H3,(H,21,25)(H,22,23,24). The Morgan fingerprint density at radius 3 is 2.70 bits per heavy atom. The van der Waals surface area contributed by atoms with Crippen LogP contribution in [-0.4, -0.2) is 36.1 Å². The first kappa shape index (κ1) is 19.1. The van der Waals surface area contributed by atoms with Crippen molar-refractivity contribution in [2.45, 2.75) is 26.7 Å². The van der Waals surface area contributed by atoms with Gasteiger partial charge in [0.1, 0.15) is 22.2 Å². The molecule has 0 fully saturated rings. The average molecular weight is 385 g/mol. The summed E-state index contributed by atoms with van der Waals surface area (Å²) in [5, 5.41) is 7.07. The molecular formula is C20H24N4O2S. The maximum Gasteiger partial charge on any atom is 0.239 e. The second kappa shape index (κ2) is 8.81. The zero-order valence-corrected chi connectivity index (χ0v) is 16.7. The fourth-order valence-corrected chi connectivity index (χ4v) is 3.76. The van der Waals surface area contributed by atoms with E-state index in [0.29, 0.717) is 12.4 Å². The van der Waals surface area contributed by atoms with Crippen molar-refractivity contribution < 1.29 is 9.53 Å². The molecule has 2 aromatic heterocycles. The van der Waals surface area contributed by atoms with Crippen molar-refractivity contribution in [3.63, 3.8) is 0 Å². The summed E-state index contributed by atoms with van der Waals surface area (Å²) >= 11 is 1.67. The Labute approximate surface area is 163 Å². The van der Waals surface area contributed by atoms with E-state index in [1.807, 2.05) is 31.2 Å². The number of aryl methyl sites for hydroxylation is 2. The Morgan fingerprint density at radius 2 is 2.00 bits per heavy atom. The van der Waals surface area contributed by atoms with Gasteiger partial charge in [-0.05, 0) is 43.5 Å². The molecule has 0 radical (unpaired) electrons. The van der Waals surface area contributed by atoms with Gasteiger partial charge in [0.2, 0.25) is 5.91 Å². The third-order valence-electron chi connectivity index (χ3n) is 4.22. The quantitative estimate of drug-likeness (QED) is 0.623. The van der Waals surface area contributed by atoms with E-state index in [0.717, 1.165) is 40.2 Å². The summed E-state index contributed by atoms with van der Waals surface area (Å²) in [4.78, 5) is 23.3. The summed E-state index contributed by atoms with van der Waals surface area (Å²) in [5.41, 5.74) is 1.16. The number of rotatable bonds is 8. The van der Waals surface area contributed by atoms with E-state index in [2.05, 4.69) is 33.6 Å². The van der Waals surface area contributed by atoms with Gasteiger partial charge >= 0.3 is 0 Å². The van der Waals surface area contributed by atoms with E-state index >= 15 is 0 Å². The van der Waals surface area contributed by atoms with Crippen LogP contribution in [0.1, 0.15) is 23.2 Å². The van der Waals surface area contributed by atoms with Crippen LogP contribution in [0.15, 0.2) is 30.3 Å². The zero-order valence-electron chi connectivity index (χ0n) is 15.8. The highest BCUT2D eigenvalue weighted by molar-refractivity contribution is 7.18. The molecule has 0 atom stereocenters. The highest BCUT2D eigenvalue weighted by Gasteiger charge is 2.11. The molecule has 1 amide bonds. The molecule has 7 heteroatoms. The van der Waals surface area contributed by atoms with E-state index in [9.17, 15) is 4.79 Å². The molecule has 0 saturated heterocycles. The third kappa shape index (κ3) is 4.95. The summed E-state index contributed by atoms with van der Waals surface area (Å²) in [6.45, 7) is 4.76. The molecule has 0 unspecified atom stereocenters. The molecular weight excluding hydrogens is 360 g/mol. The maximum atomic E-state index is 12.2. The predicted octanol–water partition coefficient (Wildman–Crippen LogP) is 3.34. The van der Waals surface area contributed by atoms with Crippen LogP contribution in [0.4, 0.5) is 5.82 Å². The first-order chi connectivity index (χ1) is 13.1.